The zero-order valence-electron chi connectivity index (χ0n) is 23.6. The fourth-order valence-electron chi connectivity index (χ4n) is 3.49. The number of hydrogen-bond acceptors (Lipinski definition) is 3. The minimum absolute atomic E-state index is 0.135. The van der Waals surface area contributed by atoms with Gasteiger partial charge in [-0.15, -0.1) is 11.8 Å². The predicted molar refractivity (Wildman–Crippen MR) is 152 cm³/mol. The number of halogens is 6. The van der Waals surface area contributed by atoms with Crippen molar-refractivity contribution in [1.82, 2.24) is 5.32 Å². The SMILES string of the molecule is CC.CC1=CC(C(F)(F)F)=CC(C(F)(F)F)C=C1.CCCSC(CCNC)=NC1C/C(C)=C\CC=CC1C. The van der Waals surface area contributed by atoms with Crippen molar-refractivity contribution in [2.75, 3.05) is 19.3 Å². The van der Waals surface area contributed by atoms with Crippen molar-refractivity contribution in [3.8, 4) is 0 Å². The number of thioether (sulfide) groups is 1. The second-order valence-electron chi connectivity index (χ2n) is 9.00. The number of nitrogens with zero attached hydrogens (tertiary/aromatic N) is 1. The Morgan fingerprint density at radius 2 is 1.76 bits per heavy atom. The van der Waals surface area contributed by atoms with Crippen molar-refractivity contribution in [3.63, 3.8) is 0 Å². The molecular weight excluding hydrogens is 522 g/mol. The van der Waals surface area contributed by atoms with Gasteiger partial charge in [-0.1, -0.05) is 75.3 Å². The maximum Gasteiger partial charge on any atom is 0.416 e. The van der Waals surface area contributed by atoms with Gasteiger partial charge in [-0.25, -0.2) is 0 Å². The van der Waals surface area contributed by atoms with Gasteiger partial charge in [-0.3, -0.25) is 4.99 Å². The number of rotatable bonds is 6. The van der Waals surface area contributed by atoms with Gasteiger partial charge in [0.25, 0.3) is 0 Å². The molecule has 0 amide bonds. The highest BCUT2D eigenvalue weighted by molar-refractivity contribution is 8.13. The van der Waals surface area contributed by atoms with Gasteiger partial charge in [0.15, 0.2) is 0 Å². The Labute approximate surface area is 229 Å². The summed E-state index contributed by atoms with van der Waals surface area (Å²) in [5.74, 6) is -0.489. The Bertz CT molecular complexity index is 853. The molecule has 0 aliphatic heterocycles. The lowest BCUT2D eigenvalue weighted by Crippen LogP contribution is -2.21. The van der Waals surface area contributed by atoms with Crippen LogP contribution in [0.3, 0.4) is 0 Å². The fourth-order valence-corrected chi connectivity index (χ4v) is 4.39. The van der Waals surface area contributed by atoms with E-state index >= 15 is 0 Å². The summed E-state index contributed by atoms with van der Waals surface area (Å²) in [4.78, 5) is 5.09. The van der Waals surface area contributed by atoms with Gasteiger partial charge in [-0.2, -0.15) is 26.3 Å². The van der Waals surface area contributed by atoms with Gasteiger partial charge < -0.3 is 5.32 Å². The molecule has 0 aromatic rings. The van der Waals surface area contributed by atoms with Crippen LogP contribution in [0, 0.1) is 11.8 Å². The highest BCUT2D eigenvalue weighted by Crippen LogP contribution is 2.36. The maximum atomic E-state index is 12.3. The third kappa shape index (κ3) is 15.0. The van der Waals surface area contributed by atoms with E-state index in [1.54, 1.807) is 0 Å². The Kier molecular flexibility index (Phi) is 17.7. The molecule has 0 aromatic heterocycles. The topological polar surface area (TPSA) is 24.4 Å². The van der Waals surface area contributed by atoms with Crippen LogP contribution < -0.4 is 5.32 Å². The smallest absolute Gasteiger partial charge is 0.319 e. The summed E-state index contributed by atoms with van der Waals surface area (Å²) >= 11 is 1.94. The molecular formula is C29H44F6N2S. The van der Waals surface area contributed by atoms with Gasteiger partial charge in [0.1, 0.15) is 0 Å². The second kappa shape index (κ2) is 18.5. The monoisotopic (exact) mass is 566 g/mol. The number of hydrogen-bond donors (Lipinski definition) is 1. The van der Waals surface area contributed by atoms with Crippen LogP contribution in [0.2, 0.25) is 0 Å². The Balaban J connectivity index is 0.000000690. The molecule has 0 aromatic carbocycles. The Morgan fingerprint density at radius 1 is 1.11 bits per heavy atom. The zero-order valence-corrected chi connectivity index (χ0v) is 24.5. The minimum Gasteiger partial charge on any atom is -0.319 e. The molecule has 9 heteroatoms. The zero-order chi connectivity index (χ0) is 29.4. The van der Waals surface area contributed by atoms with Crippen molar-refractivity contribution in [1.29, 1.82) is 0 Å². The van der Waals surface area contributed by atoms with Crippen LogP contribution in [-0.4, -0.2) is 42.8 Å². The molecule has 218 valence electrons. The predicted octanol–water partition coefficient (Wildman–Crippen LogP) is 9.63. The van der Waals surface area contributed by atoms with Crippen LogP contribution in [0.4, 0.5) is 26.3 Å². The van der Waals surface area contributed by atoms with Crippen LogP contribution in [0.15, 0.2) is 64.2 Å². The average Bonchev–Trinajstić information content (AvgIpc) is 3.05. The van der Waals surface area contributed by atoms with Crippen molar-refractivity contribution < 1.29 is 26.3 Å². The molecule has 3 unspecified atom stereocenters. The first-order valence-electron chi connectivity index (χ1n) is 13.2. The molecule has 0 spiro atoms. The standard InChI is InChI=1S/C17H30N2S.C10H8F6.C2H6/c1-5-12-20-17(10-11-18-4)19-16-13-14(2)8-6-7-9-15(16)3;1-6-2-3-7(9(11,12)13)5-8(4-6)10(14,15)16;1-2/h7-9,15-16,18H,5-6,10-13H2,1-4H3;2-5,7H,1H3;1-2H3/b9-7?,14-8-,19-17?;;. The number of nitrogens with one attached hydrogen (secondary N) is 1. The summed E-state index contributed by atoms with van der Waals surface area (Å²) in [6.45, 7) is 13.1. The van der Waals surface area contributed by atoms with Gasteiger partial charge >= 0.3 is 12.4 Å². The molecule has 3 atom stereocenters. The van der Waals surface area contributed by atoms with Crippen LogP contribution in [0.5, 0.6) is 0 Å². The molecule has 0 bridgehead atoms. The average molecular weight is 567 g/mol. The van der Waals surface area contributed by atoms with E-state index in [0.29, 0.717) is 24.1 Å². The van der Waals surface area contributed by atoms with Crippen molar-refractivity contribution in [3.05, 3.63) is 59.3 Å². The third-order valence-corrected chi connectivity index (χ3v) is 6.82. The minimum atomic E-state index is -4.77. The van der Waals surface area contributed by atoms with Gasteiger partial charge in [0.05, 0.1) is 22.6 Å². The first-order chi connectivity index (χ1) is 17.8. The van der Waals surface area contributed by atoms with E-state index in [9.17, 15) is 26.3 Å². The van der Waals surface area contributed by atoms with E-state index in [-0.39, 0.29) is 11.6 Å². The highest BCUT2D eigenvalue weighted by atomic mass is 32.2. The van der Waals surface area contributed by atoms with Crippen molar-refractivity contribution in [2.24, 2.45) is 16.8 Å². The van der Waals surface area contributed by atoms with Crippen LogP contribution in [0.25, 0.3) is 0 Å². The van der Waals surface area contributed by atoms with Gasteiger partial charge in [0, 0.05) is 13.0 Å². The van der Waals surface area contributed by atoms with E-state index in [0.717, 1.165) is 31.9 Å². The quantitative estimate of drug-likeness (QED) is 0.150. The fraction of sp³-hybridized carbons (Fsp3) is 0.621. The van der Waals surface area contributed by atoms with Crippen LogP contribution in [-0.2, 0) is 0 Å². The molecule has 2 rings (SSSR count). The third-order valence-electron chi connectivity index (χ3n) is 5.57. The summed E-state index contributed by atoms with van der Waals surface area (Å²) in [5.41, 5.74) is 0.344. The largest absolute Gasteiger partial charge is 0.416 e. The number of alkyl halides is 6. The molecule has 2 aliphatic rings. The lowest BCUT2D eigenvalue weighted by molar-refractivity contribution is -0.149. The molecule has 0 saturated carbocycles. The normalized spacial score (nSPS) is 23.8. The highest BCUT2D eigenvalue weighted by Gasteiger charge is 2.40. The number of aliphatic imine (C=N–C) groups is 1. The Morgan fingerprint density at radius 3 is 2.32 bits per heavy atom. The lowest BCUT2D eigenvalue weighted by Gasteiger charge is -2.21. The molecule has 0 radical (unpaired) electrons. The summed E-state index contributed by atoms with van der Waals surface area (Å²) in [6.07, 6.45) is 4.54. The summed E-state index contributed by atoms with van der Waals surface area (Å²) < 4.78 is 74.0. The summed E-state index contributed by atoms with van der Waals surface area (Å²) in [5, 5.41) is 4.55. The molecule has 38 heavy (non-hydrogen) atoms. The van der Waals surface area contributed by atoms with E-state index in [2.05, 4.69) is 44.3 Å². The first-order valence-corrected chi connectivity index (χ1v) is 14.1. The van der Waals surface area contributed by atoms with E-state index in [1.807, 2.05) is 32.7 Å². The molecule has 2 nitrogen and oxygen atoms in total. The first kappa shape index (κ1) is 36.3. The van der Waals surface area contributed by atoms with E-state index in [4.69, 9.17) is 4.99 Å². The van der Waals surface area contributed by atoms with Crippen molar-refractivity contribution >= 4 is 16.8 Å². The van der Waals surface area contributed by atoms with Gasteiger partial charge in [0.2, 0.25) is 0 Å². The summed E-state index contributed by atoms with van der Waals surface area (Å²) in [7, 11) is 2.01. The van der Waals surface area contributed by atoms with Crippen LogP contribution in [0.1, 0.15) is 67.2 Å². The summed E-state index contributed by atoms with van der Waals surface area (Å²) in [6, 6.07) is 0.402. The van der Waals surface area contributed by atoms with E-state index in [1.165, 1.54) is 29.7 Å². The molecule has 1 N–H and O–H groups in total. The second-order valence-corrected chi connectivity index (χ2v) is 10.2. The molecule has 0 fully saturated rings. The van der Waals surface area contributed by atoms with Crippen LogP contribution >= 0.6 is 11.8 Å². The van der Waals surface area contributed by atoms with Crippen molar-refractivity contribution in [2.45, 2.75) is 85.6 Å². The Hall–Kier alpha value is -1.74. The molecule has 2 aliphatic carbocycles. The molecule has 0 saturated heterocycles. The van der Waals surface area contributed by atoms with E-state index < -0.39 is 23.8 Å². The van der Waals surface area contributed by atoms with Gasteiger partial charge in [-0.05, 0) is 57.9 Å². The maximum absolute atomic E-state index is 12.3. The lowest BCUT2D eigenvalue weighted by atomic mass is 9.93. The number of allylic oxidation sites excluding steroid dienone is 8. The molecule has 0 heterocycles.